The Hall–Kier alpha value is -1.52. The average molecular weight is 258 g/mol. The van der Waals surface area contributed by atoms with Gasteiger partial charge in [0.2, 0.25) is 5.78 Å². The number of carbonyl (C=O) groups excluding carboxylic acids is 1. The summed E-state index contributed by atoms with van der Waals surface area (Å²) in [6, 6.07) is 6.93. The lowest BCUT2D eigenvalue weighted by molar-refractivity contribution is -0.172. The molecule has 0 aliphatic carbocycles. The van der Waals surface area contributed by atoms with Crippen molar-refractivity contribution in [3.05, 3.63) is 29.8 Å². The van der Waals surface area contributed by atoms with Gasteiger partial charge in [-0.15, -0.1) is 0 Å². The van der Waals surface area contributed by atoms with Crippen molar-refractivity contribution in [3.8, 4) is 5.75 Å². The molecule has 1 aromatic rings. The van der Waals surface area contributed by atoms with Crippen molar-refractivity contribution >= 4 is 5.78 Å². The van der Waals surface area contributed by atoms with Gasteiger partial charge in [0.05, 0.1) is 6.61 Å². The molecule has 1 aliphatic heterocycles. The van der Waals surface area contributed by atoms with Crippen LogP contribution in [-0.4, -0.2) is 18.6 Å². The zero-order chi connectivity index (χ0) is 13.4. The number of carbonyl (C=O) groups is 1. The molecular weight excluding hydrogens is 245 g/mol. The molecule has 2 rings (SSSR count). The minimum absolute atomic E-state index is 0.332. The van der Waals surface area contributed by atoms with Crippen LogP contribution in [0.2, 0.25) is 0 Å². The third kappa shape index (κ3) is 2.35. The van der Waals surface area contributed by atoms with E-state index < -0.39 is 23.8 Å². The van der Waals surface area contributed by atoms with Crippen LogP contribution in [0.4, 0.5) is 13.2 Å². The van der Waals surface area contributed by atoms with Gasteiger partial charge in [-0.1, -0.05) is 25.1 Å². The topological polar surface area (TPSA) is 26.3 Å². The fourth-order valence-electron chi connectivity index (χ4n) is 2.25. The maximum Gasteiger partial charge on any atom is 0.450 e. The molecule has 0 fully saturated rings. The summed E-state index contributed by atoms with van der Waals surface area (Å²) in [5.41, 5.74) is -0.129. The second kappa shape index (κ2) is 4.30. The second-order valence-corrected chi connectivity index (χ2v) is 4.75. The quantitative estimate of drug-likeness (QED) is 0.814. The highest BCUT2D eigenvalue weighted by Gasteiger charge is 2.44. The van der Waals surface area contributed by atoms with Crippen LogP contribution >= 0.6 is 0 Å². The van der Waals surface area contributed by atoms with Crippen molar-refractivity contribution in [2.45, 2.75) is 31.4 Å². The molecule has 98 valence electrons. The van der Waals surface area contributed by atoms with Gasteiger partial charge < -0.3 is 4.74 Å². The molecule has 18 heavy (non-hydrogen) atoms. The molecule has 0 N–H and O–H groups in total. The molecule has 1 unspecified atom stereocenters. The average Bonchev–Trinajstić information content (AvgIpc) is 2.28. The molecule has 0 radical (unpaired) electrons. The molecule has 1 atom stereocenters. The SMILES string of the molecule is CC1(CC(=O)C(F)(F)F)CCOc2ccccc21. The van der Waals surface area contributed by atoms with Crippen molar-refractivity contribution in [2.75, 3.05) is 6.61 Å². The maximum atomic E-state index is 12.4. The van der Waals surface area contributed by atoms with Gasteiger partial charge >= 0.3 is 6.18 Å². The molecular formula is C13H13F3O2. The summed E-state index contributed by atoms with van der Waals surface area (Å²) in [6.45, 7) is 2.01. The summed E-state index contributed by atoms with van der Waals surface area (Å²) in [5, 5.41) is 0. The van der Waals surface area contributed by atoms with Gasteiger partial charge in [-0.25, -0.2) is 0 Å². The molecule has 1 heterocycles. The third-order valence-corrected chi connectivity index (χ3v) is 3.32. The number of halogens is 3. The number of hydrogen-bond donors (Lipinski definition) is 0. The Labute approximate surface area is 103 Å². The van der Waals surface area contributed by atoms with Crippen LogP contribution in [0.5, 0.6) is 5.75 Å². The van der Waals surface area contributed by atoms with E-state index >= 15 is 0 Å². The first-order chi connectivity index (χ1) is 8.33. The number of fused-ring (bicyclic) bond motifs is 1. The highest BCUT2D eigenvalue weighted by Crippen LogP contribution is 2.42. The largest absolute Gasteiger partial charge is 0.493 e. The van der Waals surface area contributed by atoms with E-state index in [1.807, 2.05) is 0 Å². The van der Waals surface area contributed by atoms with Crippen LogP contribution in [0.3, 0.4) is 0 Å². The lowest BCUT2D eigenvalue weighted by Gasteiger charge is -2.35. The molecule has 0 spiro atoms. The van der Waals surface area contributed by atoms with Crippen LogP contribution in [0.15, 0.2) is 24.3 Å². The minimum Gasteiger partial charge on any atom is -0.493 e. The lowest BCUT2D eigenvalue weighted by Crippen LogP contribution is -2.36. The molecule has 0 amide bonds. The summed E-state index contributed by atoms with van der Waals surface area (Å²) >= 11 is 0. The van der Waals surface area contributed by atoms with Crippen LogP contribution in [0, 0.1) is 0 Å². The number of hydrogen-bond acceptors (Lipinski definition) is 2. The molecule has 0 saturated carbocycles. The van der Waals surface area contributed by atoms with E-state index in [1.54, 1.807) is 31.2 Å². The van der Waals surface area contributed by atoms with E-state index in [0.717, 1.165) is 0 Å². The zero-order valence-corrected chi connectivity index (χ0v) is 9.88. The predicted octanol–water partition coefficient (Wildman–Crippen LogP) is 3.25. The van der Waals surface area contributed by atoms with E-state index in [2.05, 4.69) is 0 Å². The molecule has 1 aliphatic rings. The van der Waals surface area contributed by atoms with Crippen molar-refractivity contribution in [1.82, 2.24) is 0 Å². The summed E-state index contributed by atoms with van der Waals surface area (Å²) < 4.78 is 42.5. The Kier molecular flexibility index (Phi) is 3.09. The predicted molar refractivity (Wildman–Crippen MR) is 59.6 cm³/mol. The van der Waals surface area contributed by atoms with Gasteiger partial charge in [0.15, 0.2) is 0 Å². The van der Waals surface area contributed by atoms with Crippen molar-refractivity contribution in [2.24, 2.45) is 0 Å². The molecule has 2 nitrogen and oxygen atoms in total. The lowest BCUT2D eigenvalue weighted by atomic mass is 9.74. The van der Waals surface area contributed by atoms with Gasteiger partial charge in [-0.3, -0.25) is 4.79 Å². The normalized spacial score (nSPS) is 23.1. The van der Waals surface area contributed by atoms with Gasteiger partial charge in [-0.05, 0) is 12.5 Å². The Morgan fingerprint density at radius 3 is 2.72 bits per heavy atom. The monoisotopic (exact) mass is 258 g/mol. The van der Waals surface area contributed by atoms with Crippen LogP contribution in [-0.2, 0) is 10.2 Å². The number of alkyl halides is 3. The Balaban J connectivity index is 2.30. The smallest absolute Gasteiger partial charge is 0.450 e. The fourth-order valence-corrected chi connectivity index (χ4v) is 2.25. The zero-order valence-electron chi connectivity index (χ0n) is 9.88. The standard InChI is InChI=1S/C13H13F3O2/c1-12(8-11(17)13(14,15)16)6-7-18-10-5-3-2-4-9(10)12/h2-5H,6-8H2,1H3. The molecule has 0 bridgehead atoms. The van der Waals surface area contributed by atoms with E-state index in [4.69, 9.17) is 4.74 Å². The molecule has 1 aromatic carbocycles. The van der Waals surface area contributed by atoms with Gasteiger partial charge in [0.25, 0.3) is 0 Å². The van der Waals surface area contributed by atoms with Crippen molar-refractivity contribution in [1.29, 1.82) is 0 Å². The number of rotatable bonds is 2. The van der Waals surface area contributed by atoms with E-state index in [-0.39, 0.29) is 0 Å². The maximum absolute atomic E-state index is 12.4. The van der Waals surface area contributed by atoms with E-state index in [1.165, 1.54) is 0 Å². The Bertz CT molecular complexity index is 468. The Morgan fingerprint density at radius 2 is 2.06 bits per heavy atom. The summed E-state index contributed by atoms with van der Waals surface area (Å²) in [7, 11) is 0. The van der Waals surface area contributed by atoms with E-state index in [9.17, 15) is 18.0 Å². The number of Topliss-reactive ketones (excluding diaryl/α,β-unsaturated/α-hetero) is 1. The van der Waals surface area contributed by atoms with Crippen LogP contribution < -0.4 is 4.74 Å². The molecule has 5 heteroatoms. The van der Waals surface area contributed by atoms with Gasteiger partial charge in [0.1, 0.15) is 5.75 Å². The summed E-state index contributed by atoms with van der Waals surface area (Å²) in [6.07, 6.45) is -4.89. The van der Waals surface area contributed by atoms with Crippen LogP contribution in [0.1, 0.15) is 25.3 Å². The summed E-state index contributed by atoms with van der Waals surface area (Å²) in [4.78, 5) is 11.2. The van der Waals surface area contributed by atoms with Crippen molar-refractivity contribution < 1.29 is 22.7 Å². The number of para-hydroxylation sites is 1. The minimum atomic E-state index is -4.77. The van der Waals surface area contributed by atoms with Crippen molar-refractivity contribution in [3.63, 3.8) is 0 Å². The highest BCUT2D eigenvalue weighted by molar-refractivity contribution is 5.85. The third-order valence-electron chi connectivity index (χ3n) is 3.32. The summed E-state index contributed by atoms with van der Waals surface area (Å²) in [5.74, 6) is -1.11. The van der Waals surface area contributed by atoms with Crippen LogP contribution in [0.25, 0.3) is 0 Å². The first kappa shape index (κ1) is 12.9. The second-order valence-electron chi connectivity index (χ2n) is 4.75. The highest BCUT2D eigenvalue weighted by atomic mass is 19.4. The first-order valence-corrected chi connectivity index (χ1v) is 5.65. The fraction of sp³-hybridized carbons (Fsp3) is 0.462. The molecule has 0 aromatic heterocycles. The number of ketones is 1. The number of benzene rings is 1. The van der Waals surface area contributed by atoms with E-state index in [0.29, 0.717) is 24.3 Å². The van der Waals surface area contributed by atoms with Gasteiger partial charge in [0, 0.05) is 17.4 Å². The molecule has 0 saturated heterocycles. The first-order valence-electron chi connectivity index (χ1n) is 5.65. The Morgan fingerprint density at radius 1 is 1.39 bits per heavy atom. The number of ether oxygens (including phenoxy) is 1. The van der Waals surface area contributed by atoms with Gasteiger partial charge in [-0.2, -0.15) is 13.2 Å².